The zero-order valence-electron chi connectivity index (χ0n) is 12.7. The molecule has 0 N–H and O–H groups in total. The van der Waals surface area contributed by atoms with Crippen LogP contribution in [0.25, 0.3) is 0 Å². The number of piperidine rings is 1. The number of aryl methyl sites for hydroxylation is 1. The molecule has 2 aromatic heterocycles. The topological polar surface area (TPSA) is 55.2 Å². The maximum Gasteiger partial charge on any atom is 0.253 e. The Hall–Kier alpha value is -0.700. The van der Waals surface area contributed by atoms with Gasteiger partial charge < -0.3 is 0 Å². The Labute approximate surface area is 148 Å². The van der Waals surface area contributed by atoms with Gasteiger partial charge >= 0.3 is 0 Å². The molecule has 0 aliphatic carbocycles. The van der Waals surface area contributed by atoms with Crippen LogP contribution in [0.4, 0.5) is 0 Å². The molecule has 0 aromatic carbocycles. The van der Waals surface area contributed by atoms with Crippen molar-refractivity contribution in [2.75, 3.05) is 0 Å². The zero-order chi connectivity index (χ0) is 16.2. The van der Waals surface area contributed by atoms with Gasteiger partial charge in [0.25, 0.3) is 10.0 Å². The Morgan fingerprint density at radius 1 is 1.22 bits per heavy atom. The van der Waals surface area contributed by atoms with Crippen molar-refractivity contribution in [3.05, 3.63) is 33.9 Å². The predicted molar refractivity (Wildman–Crippen MR) is 93.1 cm³/mol. The van der Waals surface area contributed by atoms with Gasteiger partial charge in [0.05, 0.1) is 16.0 Å². The molecule has 2 unspecified atom stereocenters. The summed E-state index contributed by atoms with van der Waals surface area (Å²) < 4.78 is 31.1. The Morgan fingerprint density at radius 2 is 1.91 bits per heavy atom. The van der Waals surface area contributed by atoms with E-state index in [9.17, 15) is 8.42 Å². The lowest BCUT2D eigenvalue weighted by molar-refractivity contribution is 0.185. The van der Waals surface area contributed by atoms with Gasteiger partial charge in [0.1, 0.15) is 4.21 Å². The van der Waals surface area contributed by atoms with Gasteiger partial charge in [0, 0.05) is 18.3 Å². The normalized spacial score (nSPS) is 28.3. The van der Waals surface area contributed by atoms with E-state index >= 15 is 0 Å². The predicted octanol–water partition coefficient (Wildman–Crippen LogP) is 3.57. The number of hydrogen-bond donors (Lipinski definition) is 0. The van der Waals surface area contributed by atoms with E-state index in [1.807, 2.05) is 17.8 Å². The minimum atomic E-state index is -3.39. The molecule has 2 aliphatic rings. The monoisotopic (exact) mass is 415 g/mol. The molecule has 2 aromatic rings. The zero-order valence-corrected chi connectivity index (χ0v) is 15.9. The number of fused-ring (bicyclic) bond motifs is 2. The molecule has 2 bridgehead atoms. The minimum absolute atomic E-state index is 0.0918. The lowest BCUT2D eigenvalue weighted by Crippen LogP contribution is -2.46. The minimum Gasteiger partial charge on any atom is -0.269 e. The summed E-state index contributed by atoms with van der Waals surface area (Å²) >= 11 is 4.65. The maximum absolute atomic E-state index is 13.0. The Morgan fingerprint density at radius 3 is 2.43 bits per heavy atom. The first-order valence-electron chi connectivity index (χ1n) is 7.75. The summed E-state index contributed by atoms with van der Waals surface area (Å²) in [4.78, 5) is 0. The van der Waals surface area contributed by atoms with Gasteiger partial charge in [-0.05, 0) is 66.2 Å². The third kappa shape index (κ3) is 2.69. The van der Waals surface area contributed by atoms with E-state index in [2.05, 4.69) is 27.2 Å². The lowest BCUT2D eigenvalue weighted by atomic mass is 10.00. The smallest absolute Gasteiger partial charge is 0.253 e. The van der Waals surface area contributed by atoms with Crippen molar-refractivity contribution in [2.24, 2.45) is 0 Å². The van der Waals surface area contributed by atoms with E-state index in [4.69, 9.17) is 0 Å². The van der Waals surface area contributed by atoms with Crippen LogP contribution in [-0.4, -0.2) is 34.6 Å². The molecule has 2 saturated heterocycles. The van der Waals surface area contributed by atoms with Crippen LogP contribution in [0, 0.1) is 6.92 Å². The van der Waals surface area contributed by atoms with Crippen LogP contribution in [0.15, 0.2) is 32.5 Å². The van der Waals surface area contributed by atoms with Crippen molar-refractivity contribution < 1.29 is 8.42 Å². The first kappa shape index (κ1) is 15.8. The molecular weight excluding hydrogens is 398 g/mol. The van der Waals surface area contributed by atoms with Crippen LogP contribution in [0.1, 0.15) is 37.3 Å². The fourth-order valence-electron chi connectivity index (χ4n) is 3.89. The van der Waals surface area contributed by atoms with Crippen LogP contribution in [-0.2, 0) is 10.0 Å². The maximum atomic E-state index is 13.0. The number of hydrogen-bond acceptors (Lipinski definition) is 4. The molecule has 8 heteroatoms. The third-order valence-electron chi connectivity index (χ3n) is 4.83. The van der Waals surface area contributed by atoms with Crippen LogP contribution in [0.5, 0.6) is 0 Å². The summed E-state index contributed by atoms with van der Waals surface area (Å²) in [5, 5.41) is 4.43. The molecule has 2 aliphatic heterocycles. The molecular formula is C15H18BrN3O2S2. The summed E-state index contributed by atoms with van der Waals surface area (Å²) in [6.07, 6.45) is 7.53. The van der Waals surface area contributed by atoms with Crippen molar-refractivity contribution in [1.29, 1.82) is 0 Å². The van der Waals surface area contributed by atoms with E-state index in [-0.39, 0.29) is 12.1 Å². The number of thiophene rings is 1. The Bertz CT molecular complexity index is 815. The van der Waals surface area contributed by atoms with Crippen LogP contribution >= 0.6 is 27.3 Å². The number of halogens is 1. The number of aromatic nitrogens is 2. The summed E-state index contributed by atoms with van der Waals surface area (Å²) in [7, 11) is -3.39. The van der Waals surface area contributed by atoms with Crippen molar-refractivity contribution in [3.63, 3.8) is 0 Å². The second kappa shape index (κ2) is 5.68. The highest BCUT2D eigenvalue weighted by atomic mass is 79.9. The van der Waals surface area contributed by atoms with E-state index in [0.717, 1.165) is 35.0 Å². The summed E-state index contributed by atoms with van der Waals surface area (Å²) in [5.74, 6) is 0. The number of rotatable bonds is 3. The van der Waals surface area contributed by atoms with Crippen molar-refractivity contribution in [2.45, 2.75) is 54.9 Å². The number of nitrogens with zero attached hydrogens (tertiary/aromatic N) is 3. The summed E-state index contributed by atoms with van der Waals surface area (Å²) in [6, 6.07) is 4.00. The summed E-state index contributed by atoms with van der Waals surface area (Å²) in [6.45, 7) is 2.03. The molecule has 124 valence electrons. The lowest BCUT2D eigenvalue weighted by Gasteiger charge is -2.37. The van der Waals surface area contributed by atoms with Crippen molar-refractivity contribution in [1.82, 2.24) is 14.1 Å². The molecule has 0 saturated carbocycles. The van der Waals surface area contributed by atoms with Crippen molar-refractivity contribution in [3.8, 4) is 0 Å². The van der Waals surface area contributed by atoms with Crippen LogP contribution in [0.2, 0.25) is 0 Å². The van der Waals surface area contributed by atoms with Gasteiger partial charge in [0.2, 0.25) is 0 Å². The first-order chi connectivity index (χ1) is 10.9. The van der Waals surface area contributed by atoms with E-state index in [1.165, 1.54) is 11.3 Å². The average Bonchev–Trinajstić information content (AvgIpc) is 3.18. The molecule has 0 radical (unpaired) electrons. The molecule has 2 fully saturated rings. The largest absolute Gasteiger partial charge is 0.269 e. The van der Waals surface area contributed by atoms with Crippen LogP contribution < -0.4 is 0 Å². The number of sulfonamides is 1. The van der Waals surface area contributed by atoms with Gasteiger partial charge in [-0.15, -0.1) is 11.3 Å². The van der Waals surface area contributed by atoms with E-state index in [1.54, 1.807) is 16.4 Å². The molecule has 2 atom stereocenters. The molecule has 0 amide bonds. The fraction of sp³-hybridized carbons (Fsp3) is 0.533. The second-order valence-corrected chi connectivity index (χ2v) is 10.9. The Kier molecular flexibility index (Phi) is 3.91. The standard InChI is InChI=1S/C15H18BrN3O2S2/c1-10-8-17-18(9-10)13-6-11-2-3-12(7-13)19(11)23(20,21)15-5-4-14(16)22-15/h4-5,8-9,11-13H,2-3,6-7H2,1H3. The first-order valence-corrected chi connectivity index (χ1v) is 10.8. The SMILES string of the molecule is Cc1cnn(C2CC3CCC(C2)N3S(=O)(=O)c2ccc(Br)s2)c1. The van der Waals surface area contributed by atoms with Gasteiger partial charge in [0.15, 0.2) is 0 Å². The van der Waals surface area contributed by atoms with E-state index < -0.39 is 10.0 Å². The van der Waals surface area contributed by atoms with Gasteiger partial charge in [-0.3, -0.25) is 4.68 Å². The molecule has 23 heavy (non-hydrogen) atoms. The quantitative estimate of drug-likeness (QED) is 0.769. The van der Waals surface area contributed by atoms with Crippen LogP contribution in [0.3, 0.4) is 0 Å². The Balaban J connectivity index is 1.61. The molecule has 4 heterocycles. The third-order valence-corrected chi connectivity index (χ3v) is 8.92. The van der Waals surface area contributed by atoms with Gasteiger partial charge in [-0.25, -0.2) is 8.42 Å². The average molecular weight is 416 g/mol. The second-order valence-electron chi connectivity index (χ2n) is 6.40. The highest BCUT2D eigenvalue weighted by Crippen LogP contribution is 2.44. The highest BCUT2D eigenvalue weighted by Gasteiger charge is 2.48. The highest BCUT2D eigenvalue weighted by molar-refractivity contribution is 9.11. The summed E-state index contributed by atoms with van der Waals surface area (Å²) in [5.41, 5.74) is 1.15. The van der Waals surface area contributed by atoms with Gasteiger partial charge in [-0.1, -0.05) is 0 Å². The molecule has 0 spiro atoms. The molecule has 4 rings (SSSR count). The van der Waals surface area contributed by atoms with Crippen molar-refractivity contribution >= 4 is 37.3 Å². The van der Waals surface area contributed by atoms with Gasteiger partial charge in [-0.2, -0.15) is 9.40 Å². The van der Waals surface area contributed by atoms with E-state index in [0.29, 0.717) is 10.3 Å². The molecule has 5 nitrogen and oxygen atoms in total. The fourth-order valence-corrected chi connectivity index (χ4v) is 7.89.